The maximum absolute atomic E-state index is 10.6. The summed E-state index contributed by atoms with van der Waals surface area (Å²) < 4.78 is 0. The van der Waals surface area contributed by atoms with Crippen LogP contribution in [0.2, 0.25) is 0 Å². The monoisotopic (exact) mass is 153 g/mol. The van der Waals surface area contributed by atoms with Crippen molar-refractivity contribution in [1.29, 1.82) is 5.26 Å². The van der Waals surface area contributed by atoms with E-state index in [4.69, 9.17) is 10.4 Å². The number of hydrogen-bond acceptors (Lipinski definition) is 2. The summed E-state index contributed by atoms with van der Waals surface area (Å²) in [6.45, 7) is 0. The molecule has 3 heteroatoms. The van der Waals surface area contributed by atoms with E-state index in [-0.39, 0.29) is 5.92 Å². The van der Waals surface area contributed by atoms with Crippen molar-refractivity contribution in [2.75, 3.05) is 0 Å². The minimum absolute atomic E-state index is 0.249. The number of carbonyl (C=O) groups is 1. The second-order valence-corrected chi connectivity index (χ2v) is 2.96. The number of rotatable bonds is 1. The number of hydrogen-bond donors (Lipinski definition) is 1. The first-order chi connectivity index (χ1) is 5.25. The van der Waals surface area contributed by atoms with Crippen molar-refractivity contribution in [3.05, 3.63) is 0 Å². The van der Waals surface area contributed by atoms with Crippen LogP contribution < -0.4 is 0 Å². The lowest BCUT2D eigenvalue weighted by atomic mass is 9.80. The van der Waals surface area contributed by atoms with Crippen molar-refractivity contribution in [1.82, 2.24) is 0 Å². The topological polar surface area (TPSA) is 61.1 Å². The van der Waals surface area contributed by atoms with Gasteiger partial charge in [-0.15, -0.1) is 0 Å². The summed E-state index contributed by atoms with van der Waals surface area (Å²) in [6.07, 6.45) is 3.39. The number of nitrogens with zero attached hydrogens (tertiary/aromatic N) is 1. The molecule has 11 heavy (non-hydrogen) atoms. The molecule has 0 aromatic rings. The third kappa shape index (κ3) is 1.70. The van der Waals surface area contributed by atoms with Crippen LogP contribution in [0.1, 0.15) is 25.7 Å². The minimum atomic E-state index is -0.809. The molecule has 1 rings (SSSR count). The Morgan fingerprint density at radius 2 is 2.09 bits per heavy atom. The maximum atomic E-state index is 10.6. The van der Waals surface area contributed by atoms with E-state index in [1.165, 1.54) is 0 Å². The first kappa shape index (κ1) is 8.06. The lowest BCUT2D eigenvalue weighted by molar-refractivity contribution is -0.144. The van der Waals surface area contributed by atoms with Gasteiger partial charge in [0.15, 0.2) is 0 Å². The van der Waals surface area contributed by atoms with Gasteiger partial charge >= 0.3 is 5.97 Å². The Kier molecular flexibility index (Phi) is 2.48. The first-order valence-corrected chi connectivity index (χ1v) is 3.88. The van der Waals surface area contributed by atoms with Crippen molar-refractivity contribution < 1.29 is 9.90 Å². The molecule has 2 atom stereocenters. The van der Waals surface area contributed by atoms with Crippen LogP contribution in [0.15, 0.2) is 0 Å². The molecule has 0 aromatic heterocycles. The summed E-state index contributed by atoms with van der Waals surface area (Å²) in [5.74, 6) is -1.47. The number of carboxylic acid groups (broad SMARTS) is 1. The van der Waals surface area contributed by atoms with Crippen LogP contribution in [0.25, 0.3) is 0 Å². The van der Waals surface area contributed by atoms with Gasteiger partial charge in [-0.3, -0.25) is 4.79 Å². The summed E-state index contributed by atoms with van der Waals surface area (Å²) in [7, 11) is 0. The van der Waals surface area contributed by atoms with Crippen molar-refractivity contribution in [2.24, 2.45) is 11.8 Å². The van der Waals surface area contributed by atoms with Crippen molar-refractivity contribution in [2.45, 2.75) is 25.7 Å². The average molecular weight is 153 g/mol. The molecule has 0 radical (unpaired) electrons. The quantitative estimate of drug-likeness (QED) is 0.619. The molecule has 0 aromatic carbocycles. The molecule has 1 saturated carbocycles. The molecule has 0 bridgehead atoms. The Morgan fingerprint density at radius 3 is 2.55 bits per heavy atom. The van der Waals surface area contributed by atoms with Gasteiger partial charge in [0.05, 0.1) is 17.9 Å². The molecular weight excluding hydrogens is 142 g/mol. The fourth-order valence-corrected chi connectivity index (χ4v) is 1.58. The molecule has 60 valence electrons. The Balaban J connectivity index is 2.60. The smallest absolute Gasteiger partial charge is 0.307 e. The van der Waals surface area contributed by atoms with Crippen LogP contribution in [-0.2, 0) is 4.79 Å². The van der Waals surface area contributed by atoms with Crippen LogP contribution in [0.3, 0.4) is 0 Å². The van der Waals surface area contributed by atoms with E-state index in [9.17, 15) is 4.79 Å². The van der Waals surface area contributed by atoms with E-state index in [1.54, 1.807) is 0 Å². The third-order valence-electron chi connectivity index (χ3n) is 2.25. The van der Waals surface area contributed by atoms with Gasteiger partial charge < -0.3 is 5.11 Å². The molecule has 0 saturated heterocycles. The highest BCUT2D eigenvalue weighted by Gasteiger charge is 2.30. The van der Waals surface area contributed by atoms with E-state index in [1.807, 2.05) is 0 Å². The summed E-state index contributed by atoms with van der Waals surface area (Å²) in [5.41, 5.74) is 0. The summed E-state index contributed by atoms with van der Waals surface area (Å²) in [5, 5.41) is 17.3. The Morgan fingerprint density at radius 1 is 1.45 bits per heavy atom. The highest BCUT2D eigenvalue weighted by Crippen LogP contribution is 2.29. The van der Waals surface area contributed by atoms with E-state index >= 15 is 0 Å². The Hall–Kier alpha value is -1.04. The van der Waals surface area contributed by atoms with Gasteiger partial charge in [-0.1, -0.05) is 12.8 Å². The average Bonchev–Trinajstić information content (AvgIpc) is 2.04. The fourth-order valence-electron chi connectivity index (χ4n) is 1.58. The van der Waals surface area contributed by atoms with Gasteiger partial charge in [0.2, 0.25) is 0 Å². The minimum Gasteiger partial charge on any atom is -0.481 e. The Bertz CT molecular complexity index is 195. The van der Waals surface area contributed by atoms with E-state index in [2.05, 4.69) is 6.07 Å². The standard InChI is InChI=1S/C8H11NO2/c9-5-6-3-1-2-4-7(6)8(10)11/h6-7H,1-4H2,(H,10,11)/t6-,7-/m0/s1. The highest BCUT2D eigenvalue weighted by molar-refractivity contribution is 5.70. The van der Waals surface area contributed by atoms with Gasteiger partial charge in [-0.25, -0.2) is 0 Å². The molecule has 1 N–H and O–H groups in total. The number of carboxylic acids is 1. The number of aliphatic carboxylic acids is 1. The molecule has 0 unspecified atom stereocenters. The predicted octanol–water partition coefficient (Wildman–Crippen LogP) is 1.40. The van der Waals surface area contributed by atoms with E-state index in [0.717, 1.165) is 19.3 Å². The van der Waals surface area contributed by atoms with Gasteiger partial charge in [0, 0.05) is 0 Å². The molecule has 1 aliphatic rings. The van der Waals surface area contributed by atoms with Crippen LogP contribution in [0.5, 0.6) is 0 Å². The van der Waals surface area contributed by atoms with Crippen LogP contribution in [-0.4, -0.2) is 11.1 Å². The first-order valence-electron chi connectivity index (χ1n) is 3.88. The normalized spacial score (nSPS) is 30.8. The summed E-state index contributed by atoms with van der Waals surface area (Å²) in [6, 6.07) is 2.05. The molecular formula is C8H11NO2. The molecule has 3 nitrogen and oxygen atoms in total. The lowest BCUT2D eigenvalue weighted by Gasteiger charge is -2.22. The van der Waals surface area contributed by atoms with Gasteiger partial charge in [-0.2, -0.15) is 5.26 Å². The predicted molar refractivity (Wildman–Crippen MR) is 38.7 cm³/mol. The summed E-state index contributed by atoms with van der Waals surface area (Å²) in [4.78, 5) is 10.6. The van der Waals surface area contributed by atoms with Crippen LogP contribution >= 0.6 is 0 Å². The SMILES string of the molecule is N#C[C@@H]1CCCC[C@@H]1C(=O)O. The zero-order valence-corrected chi connectivity index (χ0v) is 6.29. The molecule has 1 fully saturated rings. The van der Waals surface area contributed by atoms with E-state index in [0.29, 0.717) is 6.42 Å². The van der Waals surface area contributed by atoms with Crippen molar-refractivity contribution in [3.8, 4) is 6.07 Å². The zero-order valence-electron chi connectivity index (χ0n) is 6.29. The summed E-state index contributed by atoms with van der Waals surface area (Å²) >= 11 is 0. The molecule has 0 aliphatic heterocycles. The molecule has 0 spiro atoms. The van der Waals surface area contributed by atoms with Gasteiger partial charge in [-0.05, 0) is 12.8 Å². The van der Waals surface area contributed by atoms with Crippen molar-refractivity contribution >= 4 is 5.97 Å². The lowest BCUT2D eigenvalue weighted by Crippen LogP contribution is -2.25. The molecule has 1 aliphatic carbocycles. The van der Waals surface area contributed by atoms with Crippen LogP contribution in [0, 0.1) is 23.2 Å². The zero-order chi connectivity index (χ0) is 8.27. The van der Waals surface area contributed by atoms with E-state index < -0.39 is 11.9 Å². The highest BCUT2D eigenvalue weighted by atomic mass is 16.4. The van der Waals surface area contributed by atoms with Gasteiger partial charge in [0.1, 0.15) is 0 Å². The maximum Gasteiger partial charge on any atom is 0.307 e. The molecule has 0 heterocycles. The second-order valence-electron chi connectivity index (χ2n) is 2.96. The van der Waals surface area contributed by atoms with Crippen molar-refractivity contribution in [3.63, 3.8) is 0 Å². The fraction of sp³-hybridized carbons (Fsp3) is 0.750. The molecule has 0 amide bonds. The van der Waals surface area contributed by atoms with Crippen LogP contribution in [0.4, 0.5) is 0 Å². The second kappa shape index (κ2) is 3.38. The Labute approximate surface area is 65.6 Å². The largest absolute Gasteiger partial charge is 0.481 e. The third-order valence-corrected chi connectivity index (χ3v) is 2.25. The number of nitriles is 1. The van der Waals surface area contributed by atoms with Gasteiger partial charge in [0.25, 0.3) is 0 Å².